The van der Waals surface area contributed by atoms with Crippen molar-refractivity contribution in [1.82, 2.24) is 4.57 Å². The van der Waals surface area contributed by atoms with E-state index in [2.05, 4.69) is 5.32 Å². The van der Waals surface area contributed by atoms with E-state index in [1.807, 2.05) is 48.7 Å². The lowest BCUT2D eigenvalue weighted by molar-refractivity contribution is -0.122. The van der Waals surface area contributed by atoms with Crippen LogP contribution in [0.25, 0.3) is 0 Å². The SMILES string of the molecule is COc1ccc(N2C(=O)[C@H]3[C@H](c4cccs4)c4sc(=O)n(CC(=O)Nc5ccc(C)cc5)c4S[C@H]3C2=O)cc1. The summed E-state index contributed by atoms with van der Waals surface area (Å²) in [7, 11) is 1.55. The van der Waals surface area contributed by atoms with Gasteiger partial charge in [0.2, 0.25) is 17.7 Å². The highest BCUT2D eigenvalue weighted by molar-refractivity contribution is 8.00. The zero-order valence-corrected chi connectivity index (χ0v) is 23.4. The van der Waals surface area contributed by atoms with E-state index in [1.54, 1.807) is 31.4 Å². The number of thiophene rings is 1. The van der Waals surface area contributed by atoms with E-state index < -0.39 is 17.1 Å². The van der Waals surface area contributed by atoms with Crippen LogP contribution in [0.4, 0.5) is 11.4 Å². The van der Waals surface area contributed by atoms with E-state index in [0.29, 0.717) is 22.2 Å². The van der Waals surface area contributed by atoms with Gasteiger partial charge in [0.05, 0.1) is 23.7 Å². The van der Waals surface area contributed by atoms with Gasteiger partial charge in [-0.25, -0.2) is 4.90 Å². The molecule has 0 radical (unpaired) electrons. The number of methoxy groups -OCH3 is 1. The van der Waals surface area contributed by atoms with Gasteiger partial charge in [0.15, 0.2) is 0 Å². The number of nitrogens with zero attached hydrogens (tertiary/aromatic N) is 2. The molecule has 0 spiro atoms. The molecule has 1 saturated heterocycles. The highest BCUT2D eigenvalue weighted by Crippen LogP contribution is 2.54. The first kappa shape index (κ1) is 25.6. The molecule has 1 fully saturated rings. The topological polar surface area (TPSA) is 97.7 Å². The molecule has 4 aromatic rings. The number of carbonyl (C=O) groups is 3. The van der Waals surface area contributed by atoms with Crippen molar-refractivity contribution in [2.75, 3.05) is 17.3 Å². The number of imide groups is 1. The molecule has 2 aromatic heterocycles. The summed E-state index contributed by atoms with van der Waals surface area (Å²) in [6.45, 7) is 1.77. The van der Waals surface area contributed by atoms with Crippen LogP contribution >= 0.6 is 34.4 Å². The van der Waals surface area contributed by atoms with Crippen LogP contribution in [0.1, 0.15) is 21.2 Å². The molecule has 0 aliphatic carbocycles. The van der Waals surface area contributed by atoms with E-state index in [9.17, 15) is 19.2 Å². The maximum absolute atomic E-state index is 13.8. The minimum Gasteiger partial charge on any atom is -0.497 e. The van der Waals surface area contributed by atoms with Gasteiger partial charge >= 0.3 is 4.87 Å². The number of hydrogen-bond donors (Lipinski definition) is 1. The zero-order chi connectivity index (χ0) is 27.3. The number of anilines is 2. The maximum Gasteiger partial charge on any atom is 0.308 e. The smallest absolute Gasteiger partial charge is 0.308 e. The molecule has 3 amide bonds. The summed E-state index contributed by atoms with van der Waals surface area (Å²) in [5.74, 6) is -1.46. The fourth-order valence-corrected chi connectivity index (χ4v) is 8.72. The van der Waals surface area contributed by atoms with Crippen molar-refractivity contribution in [3.05, 3.63) is 91.0 Å². The minimum atomic E-state index is -0.723. The van der Waals surface area contributed by atoms with Gasteiger partial charge in [-0.1, -0.05) is 46.9 Å². The number of hydrogen-bond acceptors (Lipinski definition) is 8. The summed E-state index contributed by atoms with van der Waals surface area (Å²) in [4.78, 5) is 56.3. The van der Waals surface area contributed by atoms with Gasteiger partial charge < -0.3 is 10.1 Å². The Morgan fingerprint density at radius 2 is 1.74 bits per heavy atom. The molecule has 3 atom stereocenters. The van der Waals surface area contributed by atoms with Crippen molar-refractivity contribution in [2.24, 2.45) is 5.92 Å². The Hall–Kier alpha value is -3.67. The quantitative estimate of drug-likeness (QED) is 0.333. The van der Waals surface area contributed by atoms with Crippen molar-refractivity contribution in [3.63, 3.8) is 0 Å². The summed E-state index contributed by atoms with van der Waals surface area (Å²) < 4.78 is 6.65. The second-order valence-corrected chi connectivity index (χ2v) is 12.4. The Labute approximate surface area is 236 Å². The fraction of sp³-hybridized carbons (Fsp3) is 0.214. The predicted molar refractivity (Wildman–Crippen MR) is 153 cm³/mol. The van der Waals surface area contributed by atoms with E-state index in [-0.39, 0.29) is 29.1 Å². The Balaban J connectivity index is 1.36. The average molecular weight is 578 g/mol. The molecule has 39 heavy (non-hydrogen) atoms. The van der Waals surface area contributed by atoms with Gasteiger partial charge in [0.25, 0.3) is 0 Å². The normalized spacial score (nSPS) is 20.1. The monoisotopic (exact) mass is 577 g/mol. The molecule has 2 aliphatic rings. The minimum absolute atomic E-state index is 0.190. The van der Waals surface area contributed by atoms with Gasteiger partial charge in [0, 0.05) is 21.4 Å². The summed E-state index contributed by atoms with van der Waals surface area (Å²) in [6.07, 6.45) is 0. The standard InChI is InChI=1S/C28H23N3O5S3/c1-15-5-7-16(8-6-15)29-20(32)14-30-27-24(39-28(30)35)21(19-4-3-13-37-19)22-23(38-27)26(34)31(25(22)33)17-9-11-18(36-2)12-10-17/h3-13,21-23H,14H2,1-2H3,(H,29,32)/t21-,22-,23+/m0/s1. The number of amides is 3. The van der Waals surface area contributed by atoms with Gasteiger partial charge in [-0.15, -0.1) is 11.3 Å². The second-order valence-electron chi connectivity index (χ2n) is 9.30. The third-order valence-corrected chi connectivity index (χ3v) is 10.4. The summed E-state index contributed by atoms with van der Waals surface area (Å²) in [6, 6.07) is 18.0. The number of ether oxygens (including phenoxy) is 1. The highest BCUT2D eigenvalue weighted by atomic mass is 32.2. The van der Waals surface area contributed by atoms with Crippen molar-refractivity contribution in [2.45, 2.75) is 29.7 Å². The third-order valence-electron chi connectivity index (χ3n) is 6.87. The molecule has 0 unspecified atom stereocenters. The van der Waals surface area contributed by atoms with Crippen LogP contribution in [0, 0.1) is 12.8 Å². The Morgan fingerprint density at radius 1 is 1.00 bits per heavy atom. The fourth-order valence-electron chi connectivity index (χ4n) is 5.00. The van der Waals surface area contributed by atoms with E-state index >= 15 is 0 Å². The van der Waals surface area contributed by atoms with Crippen LogP contribution in [0.5, 0.6) is 5.75 Å². The van der Waals surface area contributed by atoms with E-state index in [0.717, 1.165) is 26.7 Å². The second kappa shape index (κ2) is 10.1. The third kappa shape index (κ3) is 4.50. The van der Waals surface area contributed by atoms with Crippen molar-refractivity contribution < 1.29 is 19.1 Å². The number of carbonyl (C=O) groups excluding carboxylic acids is 3. The maximum atomic E-state index is 13.8. The van der Waals surface area contributed by atoms with Crippen LogP contribution in [0.2, 0.25) is 0 Å². The molecular formula is C28H23N3O5S3. The largest absolute Gasteiger partial charge is 0.497 e. The summed E-state index contributed by atoms with van der Waals surface area (Å²) in [5.41, 5.74) is 2.18. The van der Waals surface area contributed by atoms with Gasteiger partial charge in [0.1, 0.15) is 17.5 Å². The molecular weight excluding hydrogens is 555 g/mol. The molecule has 2 aliphatic heterocycles. The first-order chi connectivity index (χ1) is 18.9. The Kier molecular flexibility index (Phi) is 6.66. The highest BCUT2D eigenvalue weighted by Gasteiger charge is 2.57. The first-order valence-corrected chi connectivity index (χ1v) is 14.7. The number of benzene rings is 2. The number of aryl methyl sites for hydroxylation is 1. The number of thiazole rings is 1. The van der Waals surface area contributed by atoms with Crippen LogP contribution in [-0.4, -0.2) is 34.6 Å². The van der Waals surface area contributed by atoms with Crippen molar-refractivity contribution >= 4 is 63.5 Å². The molecule has 2 aromatic carbocycles. The van der Waals surface area contributed by atoms with Crippen molar-refractivity contribution in [3.8, 4) is 5.75 Å². The molecule has 6 rings (SSSR count). The number of aromatic nitrogens is 1. The van der Waals surface area contributed by atoms with E-state index in [4.69, 9.17) is 4.74 Å². The number of rotatable bonds is 6. The Morgan fingerprint density at radius 3 is 2.41 bits per heavy atom. The lowest BCUT2D eigenvalue weighted by Crippen LogP contribution is -2.32. The average Bonchev–Trinajstić information content (AvgIpc) is 3.63. The van der Waals surface area contributed by atoms with Gasteiger partial charge in [-0.2, -0.15) is 0 Å². The molecule has 0 saturated carbocycles. The van der Waals surface area contributed by atoms with Crippen LogP contribution in [-0.2, 0) is 20.9 Å². The van der Waals surface area contributed by atoms with Crippen LogP contribution < -0.4 is 19.8 Å². The summed E-state index contributed by atoms with van der Waals surface area (Å²) >= 11 is 3.74. The molecule has 11 heteroatoms. The number of thioether (sulfide) groups is 1. The molecule has 8 nitrogen and oxygen atoms in total. The molecule has 1 N–H and O–H groups in total. The van der Waals surface area contributed by atoms with E-state index in [1.165, 1.54) is 32.6 Å². The zero-order valence-electron chi connectivity index (χ0n) is 21.0. The Bertz CT molecular complexity index is 1620. The van der Waals surface area contributed by atoms with Gasteiger partial charge in [-0.3, -0.25) is 23.7 Å². The summed E-state index contributed by atoms with van der Waals surface area (Å²) in [5, 5.41) is 4.61. The van der Waals surface area contributed by atoms with Gasteiger partial charge in [-0.05, 0) is 54.8 Å². The predicted octanol–water partition coefficient (Wildman–Crippen LogP) is 4.72. The lowest BCUT2D eigenvalue weighted by atomic mass is 9.87. The molecule has 0 bridgehead atoms. The van der Waals surface area contributed by atoms with Crippen LogP contribution in [0.15, 0.2) is 75.9 Å². The number of nitrogens with one attached hydrogen (secondary N) is 1. The first-order valence-electron chi connectivity index (χ1n) is 12.2. The molecule has 198 valence electrons. The van der Waals surface area contributed by atoms with Crippen molar-refractivity contribution in [1.29, 1.82) is 0 Å². The molecule has 4 heterocycles. The van der Waals surface area contributed by atoms with Crippen LogP contribution in [0.3, 0.4) is 0 Å². The number of fused-ring (bicyclic) bond motifs is 2. The lowest BCUT2D eigenvalue weighted by Gasteiger charge is -2.29.